The highest BCUT2D eigenvalue weighted by Crippen LogP contribution is 2.66. The number of benzene rings is 3. The van der Waals surface area contributed by atoms with Gasteiger partial charge in [-0.3, -0.25) is 24.1 Å². The van der Waals surface area contributed by atoms with Gasteiger partial charge in [0.05, 0.1) is 30.3 Å². The molecule has 2 aliphatic heterocycles. The van der Waals surface area contributed by atoms with Crippen molar-refractivity contribution in [2.45, 2.75) is 28.5 Å². The zero-order valence-electron chi connectivity index (χ0n) is 23.2. The Morgan fingerprint density at radius 3 is 2.23 bits per heavy atom. The Labute approximate surface area is 261 Å². The molecule has 11 heteroatoms. The number of alkyl halides is 2. The van der Waals surface area contributed by atoms with Crippen LogP contribution in [0.2, 0.25) is 0 Å². The first-order valence-corrected chi connectivity index (χ1v) is 14.8. The van der Waals surface area contributed by atoms with E-state index in [-0.39, 0.29) is 35.7 Å². The number of anilines is 2. The largest absolute Gasteiger partial charge is 0.508 e. The van der Waals surface area contributed by atoms with Crippen LogP contribution in [0.5, 0.6) is 11.5 Å². The van der Waals surface area contributed by atoms with Crippen molar-refractivity contribution in [3.05, 3.63) is 95.8 Å². The maximum Gasteiger partial charge on any atom is 0.258 e. The number of hydrogen-bond acceptors (Lipinski definition) is 6. The molecule has 224 valence electrons. The molecule has 1 saturated carbocycles. The van der Waals surface area contributed by atoms with Crippen LogP contribution in [0.15, 0.2) is 84.4 Å². The number of nitrogens with zero attached hydrogens (tertiary/aromatic N) is 2. The quantitative estimate of drug-likeness (QED) is 0.237. The second kappa shape index (κ2) is 9.90. The summed E-state index contributed by atoms with van der Waals surface area (Å²) in [7, 11) is 1.44. The number of carbonyl (C=O) groups is 4. The van der Waals surface area contributed by atoms with Gasteiger partial charge in [-0.2, -0.15) is 0 Å². The third kappa shape index (κ3) is 3.69. The van der Waals surface area contributed by atoms with Gasteiger partial charge in [0, 0.05) is 11.5 Å². The number of para-hydroxylation sites is 1. The standard InChI is InChI=1S/C33H25Cl2FN2O6/c1-44-20-11-14-25(39)23(15-20)27-21-12-13-22-26(29(41)37(28(22)40)18-5-3-2-4-6-18)24(21)16-32(34)30(42)38(31(43)33(27,32)35)19-9-7-17(36)8-10-19/h2-12,14-15,22,24,26-27,39H,13,16H2,1H3/t22-,24+,26-,27+,32+,33-/m0/s1. The number of fused-ring (bicyclic) bond motifs is 4. The van der Waals surface area contributed by atoms with Gasteiger partial charge in [0.1, 0.15) is 17.3 Å². The highest BCUT2D eigenvalue weighted by Gasteiger charge is 2.77. The number of halogens is 3. The van der Waals surface area contributed by atoms with E-state index < -0.39 is 57.0 Å². The van der Waals surface area contributed by atoms with Gasteiger partial charge in [0.2, 0.25) is 11.8 Å². The predicted octanol–water partition coefficient (Wildman–Crippen LogP) is 5.31. The molecular formula is C33H25Cl2FN2O6. The van der Waals surface area contributed by atoms with Crippen molar-refractivity contribution in [1.29, 1.82) is 0 Å². The number of phenols is 1. The second-order valence-corrected chi connectivity index (χ2v) is 12.8. The highest BCUT2D eigenvalue weighted by atomic mass is 35.5. The number of hydrogen-bond donors (Lipinski definition) is 1. The summed E-state index contributed by atoms with van der Waals surface area (Å²) in [6, 6.07) is 17.8. The fraction of sp³-hybridized carbons (Fsp3) is 0.273. The van der Waals surface area contributed by atoms with Crippen molar-refractivity contribution in [3.63, 3.8) is 0 Å². The molecular weight excluding hydrogens is 610 g/mol. The normalized spacial score (nSPS) is 31.0. The molecule has 4 amide bonds. The molecule has 0 unspecified atom stereocenters. The molecule has 6 atom stereocenters. The molecule has 3 aromatic rings. The maximum absolute atomic E-state index is 14.4. The van der Waals surface area contributed by atoms with E-state index in [1.165, 1.54) is 42.3 Å². The van der Waals surface area contributed by atoms with E-state index in [1.54, 1.807) is 36.4 Å². The number of amides is 4. The minimum atomic E-state index is -2.16. The Bertz CT molecular complexity index is 1780. The number of carbonyl (C=O) groups excluding carboxylic acids is 4. The lowest BCUT2D eigenvalue weighted by Crippen LogP contribution is -2.60. The van der Waals surface area contributed by atoms with E-state index in [0.717, 1.165) is 17.0 Å². The van der Waals surface area contributed by atoms with Crippen molar-refractivity contribution < 1.29 is 33.4 Å². The number of rotatable bonds is 4. The molecule has 7 rings (SSSR count). The first-order chi connectivity index (χ1) is 21.0. The minimum Gasteiger partial charge on any atom is -0.508 e. The Kier molecular flexibility index (Phi) is 6.43. The molecule has 4 aliphatic rings. The molecule has 44 heavy (non-hydrogen) atoms. The predicted molar refractivity (Wildman–Crippen MR) is 160 cm³/mol. The fourth-order valence-corrected chi connectivity index (χ4v) is 8.39. The molecule has 0 aromatic heterocycles. The van der Waals surface area contributed by atoms with Gasteiger partial charge < -0.3 is 9.84 Å². The number of aromatic hydroxyl groups is 1. The van der Waals surface area contributed by atoms with Gasteiger partial charge in [-0.1, -0.05) is 29.8 Å². The summed E-state index contributed by atoms with van der Waals surface area (Å²) in [5, 5.41) is 11.2. The molecule has 0 radical (unpaired) electrons. The summed E-state index contributed by atoms with van der Waals surface area (Å²) in [6.45, 7) is 0. The van der Waals surface area contributed by atoms with E-state index in [4.69, 9.17) is 27.9 Å². The lowest BCUT2D eigenvalue weighted by molar-refractivity contribution is -0.125. The molecule has 8 nitrogen and oxygen atoms in total. The molecule has 2 aliphatic carbocycles. The van der Waals surface area contributed by atoms with Gasteiger partial charge in [0.25, 0.3) is 11.8 Å². The van der Waals surface area contributed by atoms with Gasteiger partial charge in [-0.25, -0.2) is 9.29 Å². The lowest BCUT2D eigenvalue weighted by atomic mass is 9.56. The van der Waals surface area contributed by atoms with Crippen molar-refractivity contribution >= 4 is 58.2 Å². The molecule has 0 spiro atoms. The topological polar surface area (TPSA) is 104 Å². The van der Waals surface area contributed by atoms with Gasteiger partial charge in [0.15, 0.2) is 9.75 Å². The minimum absolute atomic E-state index is 0.0710. The van der Waals surface area contributed by atoms with Crippen molar-refractivity contribution in [1.82, 2.24) is 0 Å². The van der Waals surface area contributed by atoms with Crippen LogP contribution in [0.4, 0.5) is 15.8 Å². The van der Waals surface area contributed by atoms with Crippen molar-refractivity contribution in [3.8, 4) is 11.5 Å². The van der Waals surface area contributed by atoms with Gasteiger partial charge in [-0.05, 0) is 73.4 Å². The van der Waals surface area contributed by atoms with Gasteiger partial charge in [-0.15, -0.1) is 23.2 Å². The Morgan fingerprint density at radius 1 is 0.864 bits per heavy atom. The number of imide groups is 2. The van der Waals surface area contributed by atoms with Crippen LogP contribution in [-0.2, 0) is 19.2 Å². The van der Waals surface area contributed by atoms with Crippen LogP contribution in [0, 0.1) is 23.6 Å². The zero-order valence-corrected chi connectivity index (χ0v) is 24.8. The van der Waals surface area contributed by atoms with Crippen molar-refractivity contribution in [2.75, 3.05) is 16.9 Å². The molecule has 0 bridgehead atoms. The SMILES string of the molecule is COc1ccc(O)c([C@H]2C3=CC[C@@H]4C(=O)N(c5ccccc5)C(=O)[C@@H]4[C@@H]3C[C@@]3(Cl)C(=O)N(c4ccc(F)cc4)C(=O)[C@@]23Cl)c1. The van der Waals surface area contributed by atoms with E-state index in [9.17, 15) is 28.7 Å². The third-order valence-electron chi connectivity index (χ3n) is 9.46. The Morgan fingerprint density at radius 2 is 1.55 bits per heavy atom. The Hall–Kier alpha value is -4.21. The molecule has 3 fully saturated rings. The average molecular weight is 635 g/mol. The second-order valence-electron chi connectivity index (χ2n) is 11.5. The summed E-state index contributed by atoms with van der Waals surface area (Å²) in [5.41, 5.74) is 1.21. The van der Waals surface area contributed by atoms with Crippen LogP contribution in [0.25, 0.3) is 0 Å². The molecule has 3 aromatic carbocycles. The smallest absolute Gasteiger partial charge is 0.258 e. The maximum atomic E-state index is 14.4. The number of ether oxygens (including phenoxy) is 1. The first kappa shape index (κ1) is 28.6. The monoisotopic (exact) mass is 634 g/mol. The van der Waals surface area contributed by atoms with Crippen LogP contribution in [-0.4, -0.2) is 45.6 Å². The summed E-state index contributed by atoms with van der Waals surface area (Å²) in [4.78, 5) is 54.2. The van der Waals surface area contributed by atoms with E-state index in [2.05, 4.69) is 0 Å². The van der Waals surface area contributed by atoms with E-state index in [0.29, 0.717) is 17.0 Å². The average Bonchev–Trinajstić information content (AvgIpc) is 3.36. The van der Waals surface area contributed by atoms with Crippen LogP contribution < -0.4 is 14.5 Å². The van der Waals surface area contributed by atoms with Crippen LogP contribution >= 0.6 is 23.2 Å². The summed E-state index contributed by atoms with van der Waals surface area (Å²) < 4.78 is 19.2. The summed E-state index contributed by atoms with van der Waals surface area (Å²) in [5.74, 6) is -6.51. The third-order valence-corrected chi connectivity index (χ3v) is 10.9. The molecule has 1 N–H and O–H groups in total. The zero-order chi connectivity index (χ0) is 31.1. The fourth-order valence-electron chi connectivity index (χ4n) is 7.47. The first-order valence-electron chi connectivity index (χ1n) is 14.0. The molecule has 2 saturated heterocycles. The van der Waals surface area contributed by atoms with Crippen LogP contribution in [0.3, 0.4) is 0 Å². The van der Waals surface area contributed by atoms with Crippen molar-refractivity contribution in [2.24, 2.45) is 17.8 Å². The van der Waals surface area contributed by atoms with E-state index >= 15 is 0 Å². The number of allylic oxidation sites excluding steroid dienone is 2. The lowest BCUT2D eigenvalue weighted by Gasteiger charge is -2.50. The summed E-state index contributed by atoms with van der Waals surface area (Å²) in [6.07, 6.45) is 1.74. The van der Waals surface area contributed by atoms with E-state index in [1.807, 2.05) is 0 Å². The highest BCUT2D eigenvalue weighted by molar-refractivity contribution is 6.58. The Balaban J connectivity index is 1.42. The number of phenolic OH excluding ortho intramolecular Hbond substituents is 1. The number of methoxy groups -OCH3 is 1. The molecule has 2 heterocycles. The van der Waals surface area contributed by atoms with Gasteiger partial charge >= 0.3 is 0 Å². The van der Waals surface area contributed by atoms with Crippen LogP contribution in [0.1, 0.15) is 24.3 Å². The summed E-state index contributed by atoms with van der Waals surface area (Å²) >= 11 is 14.7.